The minimum atomic E-state index is -0.0487. The molecule has 4 rings (SSSR count). The standard InChI is InChI=1S/C20H21N7OS/c1-20(2,3)13-8-5-6-10-15(13)28-18-14(9-7-11-21-18)23-19-22-12-16(29-19)17-24-26-27(4)25-17/h5-12H,1-4H3,(H,22,23). The van der Waals surface area contributed by atoms with Crippen molar-refractivity contribution in [3.63, 3.8) is 0 Å². The lowest BCUT2D eigenvalue weighted by Crippen LogP contribution is -2.12. The number of benzene rings is 1. The van der Waals surface area contributed by atoms with E-state index in [1.807, 2.05) is 30.3 Å². The highest BCUT2D eigenvalue weighted by Gasteiger charge is 2.20. The molecule has 0 aliphatic rings. The molecular formula is C20H21N7OS. The third-order valence-electron chi connectivity index (χ3n) is 4.15. The topological polar surface area (TPSA) is 90.6 Å². The molecule has 9 heteroatoms. The molecule has 0 aliphatic heterocycles. The third kappa shape index (κ3) is 4.24. The van der Waals surface area contributed by atoms with Crippen molar-refractivity contribution in [3.8, 4) is 22.3 Å². The molecule has 0 unspecified atom stereocenters. The van der Waals surface area contributed by atoms with Crippen LogP contribution in [0.2, 0.25) is 0 Å². The van der Waals surface area contributed by atoms with Gasteiger partial charge in [0.2, 0.25) is 11.7 Å². The van der Waals surface area contributed by atoms with E-state index in [-0.39, 0.29) is 5.41 Å². The molecule has 0 spiro atoms. The summed E-state index contributed by atoms with van der Waals surface area (Å²) in [5.74, 6) is 1.81. The quantitative estimate of drug-likeness (QED) is 0.518. The largest absolute Gasteiger partial charge is 0.437 e. The van der Waals surface area contributed by atoms with Gasteiger partial charge in [-0.2, -0.15) is 4.80 Å². The first-order chi connectivity index (χ1) is 13.9. The number of hydrogen-bond donors (Lipinski definition) is 1. The average molecular weight is 408 g/mol. The highest BCUT2D eigenvalue weighted by molar-refractivity contribution is 7.18. The summed E-state index contributed by atoms with van der Waals surface area (Å²) in [5.41, 5.74) is 1.79. The van der Waals surface area contributed by atoms with Gasteiger partial charge in [-0.25, -0.2) is 9.97 Å². The molecule has 0 saturated carbocycles. The van der Waals surface area contributed by atoms with Crippen molar-refractivity contribution in [2.24, 2.45) is 7.05 Å². The maximum absolute atomic E-state index is 6.20. The fourth-order valence-electron chi connectivity index (χ4n) is 2.78. The zero-order chi connectivity index (χ0) is 20.4. The van der Waals surface area contributed by atoms with Crippen molar-refractivity contribution in [2.45, 2.75) is 26.2 Å². The number of hydrogen-bond acceptors (Lipinski definition) is 8. The fraction of sp³-hybridized carbons (Fsp3) is 0.250. The van der Waals surface area contributed by atoms with Crippen LogP contribution in [-0.2, 0) is 12.5 Å². The van der Waals surface area contributed by atoms with Crippen molar-refractivity contribution in [2.75, 3.05) is 5.32 Å². The molecule has 29 heavy (non-hydrogen) atoms. The molecule has 8 nitrogen and oxygen atoms in total. The Hall–Kier alpha value is -3.33. The number of aryl methyl sites for hydroxylation is 1. The van der Waals surface area contributed by atoms with E-state index in [4.69, 9.17) is 4.74 Å². The number of ether oxygens (including phenoxy) is 1. The average Bonchev–Trinajstić information content (AvgIpc) is 3.32. The Balaban J connectivity index is 1.60. The van der Waals surface area contributed by atoms with Gasteiger partial charge < -0.3 is 10.1 Å². The predicted octanol–water partition coefficient (Wildman–Crippen LogP) is 4.56. The number of tetrazole rings is 1. The second-order valence-electron chi connectivity index (χ2n) is 7.46. The summed E-state index contributed by atoms with van der Waals surface area (Å²) in [6.07, 6.45) is 3.42. The highest BCUT2D eigenvalue weighted by atomic mass is 32.1. The van der Waals surface area contributed by atoms with Crippen LogP contribution in [0.1, 0.15) is 26.3 Å². The second kappa shape index (κ2) is 7.59. The van der Waals surface area contributed by atoms with Gasteiger partial charge in [0, 0.05) is 11.8 Å². The number of anilines is 2. The van der Waals surface area contributed by atoms with Gasteiger partial charge in [-0.05, 0) is 28.8 Å². The monoisotopic (exact) mass is 407 g/mol. The number of para-hydroxylation sites is 1. The van der Waals surface area contributed by atoms with E-state index in [1.54, 1.807) is 19.4 Å². The van der Waals surface area contributed by atoms with Crippen molar-refractivity contribution < 1.29 is 4.74 Å². The molecule has 0 amide bonds. The lowest BCUT2D eigenvalue weighted by molar-refractivity contribution is 0.442. The van der Waals surface area contributed by atoms with Crippen molar-refractivity contribution in [3.05, 3.63) is 54.4 Å². The molecule has 4 aromatic rings. The van der Waals surface area contributed by atoms with E-state index >= 15 is 0 Å². The predicted molar refractivity (Wildman–Crippen MR) is 113 cm³/mol. The van der Waals surface area contributed by atoms with E-state index in [0.29, 0.717) is 16.8 Å². The maximum Gasteiger partial charge on any atom is 0.243 e. The molecule has 0 atom stereocenters. The smallest absolute Gasteiger partial charge is 0.243 e. The lowest BCUT2D eigenvalue weighted by atomic mass is 9.86. The molecule has 0 radical (unpaired) electrons. The number of nitrogens with one attached hydrogen (secondary N) is 1. The molecule has 0 saturated heterocycles. The van der Waals surface area contributed by atoms with Gasteiger partial charge in [0.15, 0.2) is 5.13 Å². The van der Waals surface area contributed by atoms with Crippen LogP contribution in [0.4, 0.5) is 10.8 Å². The summed E-state index contributed by atoms with van der Waals surface area (Å²) in [4.78, 5) is 11.1. The highest BCUT2D eigenvalue weighted by Crippen LogP contribution is 2.37. The molecule has 0 aliphatic carbocycles. The van der Waals surface area contributed by atoms with Crippen LogP contribution < -0.4 is 10.1 Å². The summed E-state index contributed by atoms with van der Waals surface area (Å²) in [6, 6.07) is 11.8. The number of rotatable bonds is 5. The minimum absolute atomic E-state index is 0.0487. The van der Waals surface area contributed by atoms with Gasteiger partial charge in [0.05, 0.1) is 18.1 Å². The normalized spacial score (nSPS) is 11.4. The van der Waals surface area contributed by atoms with Crippen molar-refractivity contribution in [1.82, 2.24) is 30.2 Å². The Bertz CT molecular complexity index is 1130. The SMILES string of the molecule is Cn1nnc(-c2cnc(Nc3cccnc3Oc3ccccc3C(C)(C)C)s2)n1. The van der Waals surface area contributed by atoms with Crippen LogP contribution in [0.3, 0.4) is 0 Å². The Labute approximate surface area is 172 Å². The van der Waals surface area contributed by atoms with E-state index in [9.17, 15) is 0 Å². The van der Waals surface area contributed by atoms with Crippen LogP contribution in [0.25, 0.3) is 10.7 Å². The number of pyridine rings is 1. The molecule has 3 aromatic heterocycles. The fourth-order valence-corrected chi connectivity index (χ4v) is 3.53. The number of aromatic nitrogens is 6. The first-order valence-electron chi connectivity index (χ1n) is 9.10. The first kappa shape index (κ1) is 19.0. The maximum atomic E-state index is 6.20. The Morgan fingerprint density at radius 3 is 2.66 bits per heavy atom. The summed E-state index contributed by atoms with van der Waals surface area (Å²) in [7, 11) is 1.73. The van der Waals surface area contributed by atoms with Gasteiger partial charge in [-0.3, -0.25) is 0 Å². The van der Waals surface area contributed by atoms with Gasteiger partial charge in [0.25, 0.3) is 0 Å². The molecule has 1 aromatic carbocycles. The van der Waals surface area contributed by atoms with Crippen LogP contribution in [-0.4, -0.2) is 30.2 Å². The van der Waals surface area contributed by atoms with Crippen molar-refractivity contribution in [1.29, 1.82) is 0 Å². The zero-order valence-electron chi connectivity index (χ0n) is 16.6. The van der Waals surface area contributed by atoms with Gasteiger partial charge in [-0.1, -0.05) is 50.3 Å². The summed E-state index contributed by atoms with van der Waals surface area (Å²) < 4.78 is 6.20. The molecule has 3 heterocycles. The Morgan fingerprint density at radius 1 is 1.07 bits per heavy atom. The van der Waals surface area contributed by atoms with Crippen LogP contribution in [0.15, 0.2) is 48.8 Å². The molecule has 0 fully saturated rings. The molecule has 0 bridgehead atoms. The molecule has 148 valence electrons. The van der Waals surface area contributed by atoms with Crippen LogP contribution in [0.5, 0.6) is 11.6 Å². The Kier molecular flexibility index (Phi) is 4.98. The number of thiazole rings is 1. The first-order valence-corrected chi connectivity index (χ1v) is 9.91. The second-order valence-corrected chi connectivity index (χ2v) is 8.49. The number of nitrogens with zero attached hydrogens (tertiary/aromatic N) is 6. The zero-order valence-corrected chi connectivity index (χ0v) is 17.4. The minimum Gasteiger partial charge on any atom is -0.437 e. The van der Waals surface area contributed by atoms with E-state index in [2.05, 4.69) is 57.5 Å². The van der Waals surface area contributed by atoms with E-state index in [0.717, 1.165) is 21.9 Å². The molecule has 1 N–H and O–H groups in total. The summed E-state index contributed by atoms with van der Waals surface area (Å²) in [5, 5.41) is 16.1. The Morgan fingerprint density at radius 2 is 1.90 bits per heavy atom. The third-order valence-corrected chi connectivity index (χ3v) is 5.06. The van der Waals surface area contributed by atoms with E-state index in [1.165, 1.54) is 16.1 Å². The van der Waals surface area contributed by atoms with Gasteiger partial charge in [-0.15, -0.1) is 10.2 Å². The van der Waals surface area contributed by atoms with Crippen LogP contribution in [0, 0.1) is 0 Å². The van der Waals surface area contributed by atoms with Crippen molar-refractivity contribution >= 4 is 22.2 Å². The molecular weight excluding hydrogens is 386 g/mol. The summed E-state index contributed by atoms with van der Waals surface area (Å²) in [6.45, 7) is 6.47. The van der Waals surface area contributed by atoms with Gasteiger partial charge >= 0.3 is 0 Å². The van der Waals surface area contributed by atoms with Gasteiger partial charge in [0.1, 0.15) is 11.4 Å². The van der Waals surface area contributed by atoms with E-state index < -0.39 is 0 Å². The lowest BCUT2D eigenvalue weighted by Gasteiger charge is -2.22. The van der Waals surface area contributed by atoms with Crippen LogP contribution >= 0.6 is 11.3 Å². The summed E-state index contributed by atoms with van der Waals surface area (Å²) >= 11 is 1.43.